The second kappa shape index (κ2) is 7.39. The number of methoxy groups -OCH3 is 1. The van der Waals surface area contributed by atoms with Crippen LogP contribution < -0.4 is 10.3 Å². The molecule has 3 aromatic rings. The van der Waals surface area contributed by atoms with E-state index < -0.39 is 5.97 Å². The minimum atomic E-state index is -0.585. The van der Waals surface area contributed by atoms with Crippen LogP contribution in [-0.4, -0.2) is 28.1 Å². The van der Waals surface area contributed by atoms with E-state index in [1.54, 1.807) is 49.6 Å². The number of ether oxygens (including phenoxy) is 2. The minimum Gasteiger partial charge on any atom is -0.497 e. The van der Waals surface area contributed by atoms with Gasteiger partial charge >= 0.3 is 5.97 Å². The molecule has 0 spiro atoms. The highest BCUT2D eigenvalue weighted by atomic mass is 16.5. The van der Waals surface area contributed by atoms with E-state index in [1.807, 2.05) is 12.1 Å². The quantitative estimate of drug-likeness (QED) is 0.523. The van der Waals surface area contributed by atoms with Crippen LogP contribution in [0, 0.1) is 0 Å². The number of fused-ring (bicyclic) bond motifs is 1. The molecule has 0 bridgehead atoms. The van der Waals surface area contributed by atoms with Gasteiger partial charge in [-0.1, -0.05) is 29.5 Å². The van der Waals surface area contributed by atoms with Gasteiger partial charge in [0.15, 0.2) is 6.73 Å². The minimum absolute atomic E-state index is 0.303. The molecule has 7 nitrogen and oxygen atoms in total. The molecule has 0 fully saturated rings. The highest BCUT2D eigenvalue weighted by Gasteiger charge is 2.06. The van der Waals surface area contributed by atoms with Crippen molar-refractivity contribution in [3.63, 3.8) is 0 Å². The largest absolute Gasteiger partial charge is 0.497 e. The van der Waals surface area contributed by atoms with Gasteiger partial charge in [0.05, 0.1) is 12.5 Å². The number of aromatic nitrogens is 3. The molecule has 0 aliphatic carbocycles. The number of carbonyl (C=O) groups excluding carboxylic acids is 1. The third-order valence-corrected chi connectivity index (χ3v) is 3.49. The first kappa shape index (κ1) is 16.4. The Morgan fingerprint density at radius 2 is 1.92 bits per heavy atom. The Labute approximate surface area is 143 Å². The Kier molecular flexibility index (Phi) is 4.84. The molecule has 25 heavy (non-hydrogen) atoms. The predicted octanol–water partition coefficient (Wildman–Crippen LogP) is 2.01. The third kappa shape index (κ3) is 3.89. The van der Waals surface area contributed by atoms with Gasteiger partial charge in [0.2, 0.25) is 0 Å². The van der Waals surface area contributed by atoms with Gasteiger partial charge < -0.3 is 9.47 Å². The van der Waals surface area contributed by atoms with Crippen molar-refractivity contribution in [2.45, 2.75) is 6.73 Å². The Balaban J connectivity index is 1.65. The molecule has 0 saturated heterocycles. The van der Waals surface area contributed by atoms with Crippen molar-refractivity contribution < 1.29 is 14.3 Å². The maximum Gasteiger partial charge on any atom is 0.332 e. The zero-order chi connectivity index (χ0) is 17.6. The summed E-state index contributed by atoms with van der Waals surface area (Å²) in [7, 11) is 1.58. The van der Waals surface area contributed by atoms with Gasteiger partial charge in [-0.2, -0.15) is 4.68 Å². The molecule has 0 unspecified atom stereocenters. The number of benzene rings is 2. The lowest BCUT2D eigenvalue weighted by molar-refractivity contribution is -0.141. The van der Waals surface area contributed by atoms with Crippen LogP contribution >= 0.6 is 0 Å². The topological polar surface area (TPSA) is 83.3 Å². The number of esters is 1. The lowest BCUT2D eigenvalue weighted by Gasteiger charge is -2.04. The molecule has 0 amide bonds. The summed E-state index contributed by atoms with van der Waals surface area (Å²) < 4.78 is 11.1. The molecule has 126 valence electrons. The number of rotatable bonds is 5. The van der Waals surface area contributed by atoms with E-state index in [0.29, 0.717) is 10.9 Å². The number of nitrogens with zero attached hydrogens (tertiary/aromatic N) is 3. The lowest BCUT2D eigenvalue weighted by Crippen LogP contribution is -2.26. The average Bonchev–Trinajstić information content (AvgIpc) is 2.66. The molecule has 7 heteroatoms. The highest BCUT2D eigenvalue weighted by molar-refractivity contribution is 5.87. The molecule has 0 N–H and O–H groups in total. The van der Waals surface area contributed by atoms with Crippen molar-refractivity contribution in [2.24, 2.45) is 0 Å². The first-order chi connectivity index (χ1) is 12.2. The molecular formula is C18H15N3O4. The van der Waals surface area contributed by atoms with Crippen molar-refractivity contribution >= 4 is 22.9 Å². The number of hydrogen-bond donors (Lipinski definition) is 0. The molecule has 3 rings (SSSR count). The summed E-state index contributed by atoms with van der Waals surface area (Å²) in [6, 6.07) is 14.0. The molecular weight excluding hydrogens is 322 g/mol. The van der Waals surface area contributed by atoms with Crippen molar-refractivity contribution in [1.29, 1.82) is 0 Å². The number of hydrogen-bond acceptors (Lipinski definition) is 6. The summed E-state index contributed by atoms with van der Waals surface area (Å²) in [5, 5.41) is 8.10. The molecule has 0 aliphatic heterocycles. The van der Waals surface area contributed by atoms with Gasteiger partial charge in [0, 0.05) is 6.08 Å². The van der Waals surface area contributed by atoms with Gasteiger partial charge in [-0.25, -0.2) is 4.79 Å². The predicted molar refractivity (Wildman–Crippen MR) is 91.9 cm³/mol. The van der Waals surface area contributed by atoms with E-state index in [1.165, 1.54) is 6.08 Å². The summed E-state index contributed by atoms with van der Waals surface area (Å²) >= 11 is 0. The summed E-state index contributed by atoms with van der Waals surface area (Å²) in [5.74, 6) is 0.145. The highest BCUT2D eigenvalue weighted by Crippen LogP contribution is 2.12. The van der Waals surface area contributed by atoms with Crippen molar-refractivity contribution in [1.82, 2.24) is 15.0 Å². The molecule has 2 aromatic carbocycles. The van der Waals surface area contributed by atoms with Crippen LogP contribution in [0.15, 0.2) is 59.4 Å². The van der Waals surface area contributed by atoms with Crippen LogP contribution in [0.1, 0.15) is 5.56 Å². The molecule has 0 saturated carbocycles. The van der Waals surface area contributed by atoms with Crippen molar-refractivity contribution in [3.05, 3.63) is 70.5 Å². The summed E-state index contributed by atoms with van der Waals surface area (Å²) in [4.78, 5) is 24.0. The van der Waals surface area contributed by atoms with E-state index in [4.69, 9.17) is 9.47 Å². The summed E-state index contributed by atoms with van der Waals surface area (Å²) in [6.07, 6.45) is 2.89. The summed E-state index contributed by atoms with van der Waals surface area (Å²) in [6.45, 7) is -0.303. The maximum absolute atomic E-state index is 12.2. The van der Waals surface area contributed by atoms with E-state index in [-0.39, 0.29) is 12.3 Å². The van der Waals surface area contributed by atoms with Gasteiger partial charge in [-0.3, -0.25) is 4.79 Å². The van der Waals surface area contributed by atoms with E-state index in [0.717, 1.165) is 16.0 Å². The second-order valence-electron chi connectivity index (χ2n) is 5.11. The zero-order valence-corrected chi connectivity index (χ0v) is 13.5. The van der Waals surface area contributed by atoms with Crippen molar-refractivity contribution in [3.8, 4) is 5.75 Å². The second-order valence-corrected chi connectivity index (χ2v) is 5.11. The molecule has 0 aliphatic rings. The van der Waals surface area contributed by atoms with Crippen LogP contribution in [0.4, 0.5) is 0 Å². The average molecular weight is 337 g/mol. The lowest BCUT2D eigenvalue weighted by atomic mass is 10.2. The molecule has 0 radical (unpaired) electrons. The van der Waals surface area contributed by atoms with Crippen LogP contribution in [-0.2, 0) is 16.3 Å². The zero-order valence-electron chi connectivity index (χ0n) is 13.5. The third-order valence-electron chi connectivity index (χ3n) is 3.49. The molecule has 1 aromatic heterocycles. The molecule has 0 atom stereocenters. The van der Waals surface area contributed by atoms with E-state index >= 15 is 0 Å². The smallest absolute Gasteiger partial charge is 0.332 e. The first-order valence-electron chi connectivity index (χ1n) is 7.49. The van der Waals surface area contributed by atoms with Crippen LogP contribution in [0.3, 0.4) is 0 Å². The fourth-order valence-electron chi connectivity index (χ4n) is 2.16. The van der Waals surface area contributed by atoms with Gasteiger partial charge in [-0.05, 0) is 35.9 Å². The Morgan fingerprint density at radius 3 is 2.68 bits per heavy atom. The van der Waals surface area contributed by atoms with Gasteiger partial charge in [-0.15, -0.1) is 5.10 Å². The Morgan fingerprint density at radius 1 is 1.16 bits per heavy atom. The SMILES string of the molecule is COc1ccc(C=CC(=O)OCn2nnc3ccccc3c2=O)cc1. The first-order valence-corrected chi connectivity index (χ1v) is 7.49. The summed E-state index contributed by atoms with van der Waals surface area (Å²) in [5.41, 5.74) is 0.951. The normalized spacial score (nSPS) is 10.9. The van der Waals surface area contributed by atoms with Crippen LogP contribution in [0.2, 0.25) is 0 Å². The standard InChI is InChI=1S/C18H15N3O4/c1-24-14-9-6-13(7-10-14)8-11-17(22)25-12-21-18(23)15-4-2-3-5-16(15)19-20-21/h2-11H,12H2,1H3. The molecule has 1 heterocycles. The number of carbonyl (C=O) groups is 1. The van der Waals surface area contributed by atoms with Gasteiger partial charge in [0.25, 0.3) is 5.56 Å². The maximum atomic E-state index is 12.2. The van der Waals surface area contributed by atoms with Crippen LogP contribution in [0.25, 0.3) is 17.0 Å². The van der Waals surface area contributed by atoms with Crippen LogP contribution in [0.5, 0.6) is 5.75 Å². The monoisotopic (exact) mass is 337 g/mol. The Bertz CT molecular complexity index is 978. The fraction of sp³-hybridized carbons (Fsp3) is 0.111. The fourth-order valence-corrected chi connectivity index (χ4v) is 2.16. The van der Waals surface area contributed by atoms with E-state index in [9.17, 15) is 9.59 Å². The van der Waals surface area contributed by atoms with Gasteiger partial charge in [0.1, 0.15) is 11.3 Å². The Hall–Kier alpha value is -3.48. The van der Waals surface area contributed by atoms with Crippen molar-refractivity contribution in [2.75, 3.05) is 7.11 Å². The van der Waals surface area contributed by atoms with E-state index in [2.05, 4.69) is 10.3 Å².